The second-order valence-electron chi connectivity index (χ2n) is 5.75. The molecule has 0 saturated carbocycles. The third-order valence-electron chi connectivity index (χ3n) is 3.75. The minimum absolute atomic E-state index is 0. The van der Waals surface area contributed by atoms with Gasteiger partial charge in [0.1, 0.15) is 0 Å². The second-order valence-corrected chi connectivity index (χ2v) is 5.75. The molecule has 1 aromatic carbocycles. The van der Waals surface area contributed by atoms with Crippen molar-refractivity contribution in [2.75, 3.05) is 33.8 Å². The first-order chi connectivity index (χ1) is 12.6. The van der Waals surface area contributed by atoms with Gasteiger partial charge >= 0.3 is 5.97 Å². The molecule has 0 aliphatic carbocycles. The van der Waals surface area contributed by atoms with E-state index in [9.17, 15) is 9.59 Å². The van der Waals surface area contributed by atoms with Crippen molar-refractivity contribution in [3.05, 3.63) is 35.4 Å². The van der Waals surface area contributed by atoms with Crippen molar-refractivity contribution >= 4 is 41.8 Å². The molecule has 1 aromatic rings. The predicted molar refractivity (Wildman–Crippen MR) is 119 cm³/mol. The molecule has 1 rings (SSSR count). The summed E-state index contributed by atoms with van der Waals surface area (Å²) < 4.78 is 4.62. The minimum atomic E-state index is -0.182. The maximum Gasteiger partial charge on any atom is 0.305 e. The van der Waals surface area contributed by atoms with E-state index in [1.54, 1.807) is 13.1 Å². The largest absolute Gasteiger partial charge is 0.469 e. The molecule has 27 heavy (non-hydrogen) atoms. The van der Waals surface area contributed by atoms with Crippen LogP contribution < -0.4 is 16.0 Å². The fourth-order valence-electron chi connectivity index (χ4n) is 2.35. The molecule has 0 radical (unpaired) electrons. The average molecular weight is 490 g/mol. The maximum absolute atomic E-state index is 11.7. The number of hydrogen-bond donors (Lipinski definition) is 3. The minimum Gasteiger partial charge on any atom is -0.469 e. The monoisotopic (exact) mass is 490 g/mol. The number of carbonyl (C=O) groups is 2. The number of halogens is 1. The second kappa shape index (κ2) is 15.2. The Morgan fingerprint density at radius 1 is 1.19 bits per heavy atom. The van der Waals surface area contributed by atoms with E-state index >= 15 is 0 Å². The summed E-state index contributed by atoms with van der Waals surface area (Å²) in [6.07, 6.45) is 2.82. The molecule has 7 nitrogen and oxygen atoms in total. The number of carbonyl (C=O) groups excluding carboxylic acids is 2. The van der Waals surface area contributed by atoms with Gasteiger partial charge in [0.2, 0.25) is 0 Å². The fraction of sp³-hybridized carbons (Fsp3) is 0.526. The van der Waals surface area contributed by atoms with Gasteiger partial charge < -0.3 is 20.7 Å². The third kappa shape index (κ3) is 10.8. The number of nitrogens with zero attached hydrogens (tertiary/aromatic N) is 1. The van der Waals surface area contributed by atoms with Crippen molar-refractivity contribution in [3.63, 3.8) is 0 Å². The number of ether oxygens (including phenoxy) is 1. The number of amides is 1. The van der Waals surface area contributed by atoms with Gasteiger partial charge in [-0.1, -0.05) is 12.1 Å². The normalized spacial score (nSPS) is 10.6. The van der Waals surface area contributed by atoms with Crippen LogP contribution >= 0.6 is 24.0 Å². The maximum atomic E-state index is 11.7. The van der Waals surface area contributed by atoms with E-state index in [0.717, 1.165) is 37.3 Å². The Bertz CT molecular complexity index is 608. The number of benzene rings is 1. The van der Waals surface area contributed by atoms with Gasteiger partial charge in [0, 0.05) is 38.7 Å². The van der Waals surface area contributed by atoms with Crippen molar-refractivity contribution in [3.8, 4) is 0 Å². The molecule has 0 saturated heterocycles. The van der Waals surface area contributed by atoms with Crippen LogP contribution in [-0.2, 0) is 16.0 Å². The first-order valence-electron chi connectivity index (χ1n) is 9.00. The summed E-state index contributed by atoms with van der Waals surface area (Å²) in [7, 11) is 3.03. The van der Waals surface area contributed by atoms with Crippen LogP contribution in [0.2, 0.25) is 0 Å². The summed E-state index contributed by atoms with van der Waals surface area (Å²) in [5, 5.41) is 9.12. The van der Waals surface area contributed by atoms with Crippen LogP contribution in [0.4, 0.5) is 0 Å². The number of hydrogen-bond acceptors (Lipinski definition) is 4. The summed E-state index contributed by atoms with van der Waals surface area (Å²) in [5.41, 5.74) is 1.75. The first kappa shape index (κ1) is 25.2. The van der Waals surface area contributed by atoms with E-state index in [4.69, 9.17) is 0 Å². The molecule has 0 atom stereocenters. The highest BCUT2D eigenvalue weighted by atomic mass is 127. The predicted octanol–water partition coefficient (Wildman–Crippen LogP) is 2.11. The van der Waals surface area contributed by atoms with Crippen molar-refractivity contribution in [2.45, 2.75) is 32.6 Å². The van der Waals surface area contributed by atoms with Gasteiger partial charge in [-0.25, -0.2) is 0 Å². The Kier molecular flexibility index (Phi) is 14.2. The topological polar surface area (TPSA) is 91.8 Å². The van der Waals surface area contributed by atoms with Gasteiger partial charge in [-0.05, 0) is 43.9 Å². The molecule has 1 amide bonds. The summed E-state index contributed by atoms with van der Waals surface area (Å²) in [6.45, 7) is 4.16. The number of nitrogens with one attached hydrogen (secondary N) is 3. The molecule has 0 fully saturated rings. The summed E-state index contributed by atoms with van der Waals surface area (Å²) >= 11 is 0. The SMILES string of the molecule is CCNC(=NCCCCC(=O)OC)NCCc1cccc(C(=O)NC)c1.I. The smallest absolute Gasteiger partial charge is 0.305 e. The first-order valence-corrected chi connectivity index (χ1v) is 9.00. The molecule has 0 aliphatic heterocycles. The fourth-order valence-corrected chi connectivity index (χ4v) is 2.35. The van der Waals surface area contributed by atoms with E-state index < -0.39 is 0 Å². The lowest BCUT2D eigenvalue weighted by Crippen LogP contribution is -2.38. The zero-order valence-electron chi connectivity index (χ0n) is 16.3. The van der Waals surface area contributed by atoms with E-state index in [0.29, 0.717) is 25.1 Å². The lowest BCUT2D eigenvalue weighted by atomic mass is 10.1. The zero-order chi connectivity index (χ0) is 19.2. The molecule has 8 heteroatoms. The van der Waals surface area contributed by atoms with Crippen molar-refractivity contribution in [1.29, 1.82) is 0 Å². The Hall–Kier alpha value is -1.84. The van der Waals surface area contributed by atoms with E-state index in [1.165, 1.54) is 7.11 Å². The Labute approximate surface area is 178 Å². The van der Waals surface area contributed by atoms with Crippen LogP contribution in [0.25, 0.3) is 0 Å². The van der Waals surface area contributed by atoms with Crippen molar-refractivity contribution in [2.24, 2.45) is 4.99 Å². The number of methoxy groups -OCH3 is 1. The number of unbranched alkanes of at least 4 members (excludes halogenated alkanes) is 1. The average Bonchev–Trinajstić information content (AvgIpc) is 2.67. The molecule has 0 heterocycles. The molecule has 0 aromatic heterocycles. The van der Waals surface area contributed by atoms with Gasteiger partial charge in [0.05, 0.1) is 7.11 Å². The van der Waals surface area contributed by atoms with E-state index in [-0.39, 0.29) is 35.9 Å². The van der Waals surface area contributed by atoms with Crippen LogP contribution in [0.3, 0.4) is 0 Å². The van der Waals surface area contributed by atoms with E-state index in [1.807, 2.05) is 25.1 Å². The Morgan fingerprint density at radius 3 is 2.63 bits per heavy atom. The Morgan fingerprint density at radius 2 is 1.96 bits per heavy atom. The zero-order valence-corrected chi connectivity index (χ0v) is 18.7. The van der Waals surface area contributed by atoms with Crippen LogP contribution in [0.5, 0.6) is 0 Å². The van der Waals surface area contributed by atoms with Gasteiger partial charge in [-0.3, -0.25) is 14.6 Å². The van der Waals surface area contributed by atoms with Crippen LogP contribution in [0.15, 0.2) is 29.3 Å². The van der Waals surface area contributed by atoms with Gasteiger partial charge in [0.15, 0.2) is 5.96 Å². The molecule has 152 valence electrons. The van der Waals surface area contributed by atoms with Crippen molar-refractivity contribution < 1.29 is 14.3 Å². The van der Waals surface area contributed by atoms with Crippen LogP contribution in [0, 0.1) is 0 Å². The standard InChI is InChI=1S/C19H30N4O3.HI/c1-4-21-19(22-12-6-5-10-17(24)26-3)23-13-11-15-8-7-9-16(14-15)18(25)20-2;/h7-9,14H,4-6,10-13H2,1-3H3,(H,20,25)(H2,21,22,23);1H. The molecule has 3 N–H and O–H groups in total. The quantitative estimate of drug-likeness (QED) is 0.154. The highest BCUT2D eigenvalue weighted by molar-refractivity contribution is 14.0. The van der Waals surface area contributed by atoms with E-state index in [2.05, 4.69) is 25.7 Å². The third-order valence-corrected chi connectivity index (χ3v) is 3.75. The van der Waals surface area contributed by atoms with Crippen LogP contribution in [-0.4, -0.2) is 51.6 Å². The highest BCUT2D eigenvalue weighted by Crippen LogP contribution is 2.05. The van der Waals surface area contributed by atoms with Gasteiger partial charge in [-0.2, -0.15) is 0 Å². The summed E-state index contributed by atoms with van der Waals surface area (Å²) in [6, 6.07) is 7.60. The number of rotatable bonds is 10. The van der Waals surface area contributed by atoms with Crippen LogP contribution in [0.1, 0.15) is 42.1 Å². The molecular formula is C19H31IN4O3. The molecule has 0 bridgehead atoms. The molecular weight excluding hydrogens is 459 g/mol. The van der Waals surface area contributed by atoms with Gasteiger partial charge in [0.25, 0.3) is 5.91 Å². The summed E-state index contributed by atoms with van der Waals surface area (Å²) in [4.78, 5) is 27.3. The lowest BCUT2D eigenvalue weighted by molar-refractivity contribution is -0.140. The lowest BCUT2D eigenvalue weighted by Gasteiger charge is -2.11. The van der Waals surface area contributed by atoms with Gasteiger partial charge in [-0.15, -0.1) is 24.0 Å². The summed E-state index contributed by atoms with van der Waals surface area (Å²) in [5.74, 6) is 0.493. The highest BCUT2D eigenvalue weighted by Gasteiger charge is 2.04. The molecule has 0 aliphatic rings. The molecule has 0 spiro atoms. The number of guanidine groups is 1. The Balaban J connectivity index is 0.00000676. The molecule has 0 unspecified atom stereocenters. The number of esters is 1. The number of aliphatic imine (C=N–C) groups is 1. The van der Waals surface area contributed by atoms with Crippen molar-refractivity contribution in [1.82, 2.24) is 16.0 Å².